The van der Waals surface area contributed by atoms with Crippen LogP contribution in [0.1, 0.15) is 82.4 Å². The van der Waals surface area contributed by atoms with Crippen LogP contribution in [0, 0.1) is 0 Å². The van der Waals surface area contributed by atoms with Gasteiger partial charge < -0.3 is 14.5 Å². The van der Waals surface area contributed by atoms with Crippen LogP contribution in [0.2, 0.25) is 0 Å². The number of para-hydroxylation sites is 1. The zero-order valence-electron chi connectivity index (χ0n) is 21.8. The number of aromatic nitrogens is 1. The molecule has 0 fully saturated rings. The number of fused-ring (bicyclic) bond motifs is 1. The first-order valence-electron chi connectivity index (χ1n) is 13.7. The molecule has 4 aromatic rings. The normalized spacial score (nSPS) is 11.2. The van der Waals surface area contributed by atoms with Gasteiger partial charge in [0, 0.05) is 10.6 Å². The molecule has 0 spiro atoms. The molecule has 0 atom stereocenters. The van der Waals surface area contributed by atoms with Crippen LogP contribution in [0.15, 0.2) is 69.9 Å². The highest BCUT2D eigenvalue weighted by molar-refractivity contribution is 7.18. The Kier molecular flexibility index (Phi) is 10.6. The molecule has 37 heavy (non-hydrogen) atoms. The number of nitrogens with zero attached hydrogens (tertiary/aromatic N) is 1. The Morgan fingerprint density at radius 1 is 0.811 bits per heavy atom. The molecule has 2 heterocycles. The zero-order chi connectivity index (χ0) is 25.7. The molecule has 0 saturated carbocycles. The van der Waals surface area contributed by atoms with Gasteiger partial charge in [0.2, 0.25) is 0 Å². The van der Waals surface area contributed by atoms with Crippen LogP contribution < -0.4 is 15.7 Å². The lowest BCUT2D eigenvalue weighted by atomic mass is 10.1. The third-order valence-corrected chi connectivity index (χ3v) is 7.58. The second kappa shape index (κ2) is 14.6. The van der Waals surface area contributed by atoms with Crippen LogP contribution in [0.4, 0.5) is 11.7 Å². The van der Waals surface area contributed by atoms with Crippen molar-refractivity contribution in [1.29, 1.82) is 0 Å². The van der Waals surface area contributed by atoms with E-state index in [9.17, 15) is 4.79 Å². The van der Waals surface area contributed by atoms with Crippen molar-refractivity contribution in [3.8, 4) is 11.5 Å². The predicted molar refractivity (Wildman–Crippen MR) is 155 cm³/mol. The van der Waals surface area contributed by atoms with Crippen molar-refractivity contribution in [2.24, 2.45) is 0 Å². The molecule has 6 heteroatoms. The van der Waals surface area contributed by atoms with E-state index in [4.69, 9.17) is 9.15 Å². The lowest BCUT2D eigenvalue weighted by molar-refractivity contribution is 0.482. The summed E-state index contributed by atoms with van der Waals surface area (Å²) in [5.74, 6) is 1.51. The van der Waals surface area contributed by atoms with Gasteiger partial charge in [-0.15, -0.1) is 11.3 Å². The van der Waals surface area contributed by atoms with Crippen LogP contribution >= 0.6 is 11.3 Å². The highest BCUT2D eigenvalue weighted by Crippen LogP contribution is 2.27. The number of aryl methyl sites for hydroxylation is 1. The number of benzene rings is 2. The molecule has 5 nitrogen and oxygen atoms in total. The summed E-state index contributed by atoms with van der Waals surface area (Å²) in [6.07, 6.45) is 15.6. The van der Waals surface area contributed by atoms with E-state index in [-0.39, 0.29) is 11.6 Å². The van der Waals surface area contributed by atoms with Crippen molar-refractivity contribution in [2.45, 2.75) is 84.0 Å². The summed E-state index contributed by atoms with van der Waals surface area (Å²) in [5, 5.41) is 3.67. The average molecular weight is 519 g/mol. The average Bonchev–Trinajstić information content (AvgIpc) is 3.32. The van der Waals surface area contributed by atoms with E-state index in [1.165, 1.54) is 69.1 Å². The van der Waals surface area contributed by atoms with Gasteiger partial charge in [0.25, 0.3) is 0 Å². The number of ether oxygens (including phenoxy) is 1. The maximum Gasteiger partial charge on any atom is 0.349 e. The largest absolute Gasteiger partial charge is 0.457 e. The van der Waals surface area contributed by atoms with Crippen molar-refractivity contribution in [3.63, 3.8) is 0 Å². The number of rotatable bonds is 16. The third-order valence-electron chi connectivity index (χ3n) is 6.49. The molecule has 0 aliphatic carbocycles. The zero-order valence-corrected chi connectivity index (χ0v) is 22.7. The Hall–Kier alpha value is -3.12. The lowest BCUT2D eigenvalue weighted by Gasteiger charge is -2.07. The molecule has 4 rings (SSSR count). The number of unbranched alkanes of at least 4 members (excludes halogenated alkanes) is 10. The third kappa shape index (κ3) is 8.74. The summed E-state index contributed by atoms with van der Waals surface area (Å²) < 4.78 is 11.3. The summed E-state index contributed by atoms with van der Waals surface area (Å²) >= 11 is 1.59. The Bertz CT molecular complexity index is 1270. The van der Waals surface area contributed by atoms with Gasteiger partial charge in [-0.1, -0.05) is 89.3 Å². The number of hydrogen-bond donors (Lipinski definition) is 1. The van der Waals surface area contributed by atoms with E-state index >= 15 is 0 Å². The second-order valence-electron chi connectivity index (χ2n) is 9.59. The molecule has 2 aromatic carbocycles. The van der Waals surface area contributed by atoms with Crippen molar-refractivity contribution in [2.75, 3.05) is 5.32 Å². The minimum Gasteiger partial charge on any atom is -0.457 e. The smallest absolute Gasteiger partial charge is 0.349 e. The van der Waals surface area contributed by atoms with Crippen molar-refractivity contribution in [1.82, 2.24) is 4.98 Å². The fraction of sp³-hybridized carbons (Fsp3) is 0.419. The molecule has 0 unspecified atom stereocenters. The second-order valence-corrected chi connectivity index (χ2v) is 10.7. The highest BCUT2D eigenvalue weighted by atomic mass is 32.1. The van der Waals surface area contributed by atoms with E-state index in [2.05, 4.69) is 17.2 Å². The summed E-state index contributed by atoms with van der Waals surface area (Å²) in [6.45, 7) is 2.27. The first-order valence-corrected chi connectivity index (χ1v) is 14.6. The lowest BCUT2D eigenvalue weighted by Crippen LogP contribution is -2.03. The van der Waals surface area contributed by atoms with E-state index in [0.29, 0.717) is 5.39 Å². The van der Waals surface area contributed by atoms with Gasteiger partial charge in [0.15, 0.2) is 0 Å². The van der Waals surface area contributed by atoms with Gasteiger partial charge in [0.1, 0.15) is 16.3 Å². The van der Waals surface area contributed by atoms with Gasteiger partial charge in [-0.25, -0.2) is 4.79 Å². The Morgan fingerprint density at radius 2 is 1.43 bits per heavy atom. The van der Waals surface area contributed by atoms with Gasteiger partial charge in [0.05, 0.1) is 5.39 Å². The minimum absolute atomic E-state index is 0.206. The van der Waals surface area contributed by atoms with E-state index in [1.54, 1.807) is 11.3 Å². The number of nitrogens with one attached hydrogen (secondary N) is 1. The molecular weight excluding hydrogens is 480 g/mol. The van der Waals surface area contributed by atoms with E-state index in [1.807, 2.05) is 60.7 Å². The van der Waals surface area contributed by atoms with Crippen LogP contribution in [-0.2, 0) is 6.42 Å². The van der Waals surface area contributed by atoms with Crippen LogP contribution in [0.3, 0.4) is 0 Å². The Morgan fingerprint density at radius 3 is 2.11 bits per heavy atom. The maximum atomic E-state index is 12.6. The summed E-state index contributed by atoms with van der Waals surface area (Å²) in [7, 11) is 0. The predicted octanol–water partition coefficient (Wildman–Crippen LogP) is 9.64. The van der Waals surface area contributed by atoms with Crippen molar-refractivity contribution >= 4 is 33.3 Å². The molecule has 0 saturated heterocycles. The SMILES string of the molecule is CCCCCCCCCCCCCc1cc2c(=O)oc(Nc3ccc(Oc4ccccc4)cc3)nc2s1. The molecule has 196 valence electrons. The summed E-state index contributed by atoms with van der Waals surface area (Å²) in [4.78, 5) is 19.0. The molecule has 0 bridgehead atoms. The Balaban J connectivity index is 1.22. The molecule has 0 amide bonds. The van der Waals surface area contributed by atoms with Gasteiger partial charge >= 0.3 is 11.6 Å². The first-order chi connectivity index (χ1) is 18.2. The minimum atomic E-state index is -0.349. The van der Waals surface area contributed by atoms with Gasteiger partial charge in [-0.2, -0.15) is 4.98 Å². The van der Waals surface area contributed by atoms with Crippen LogP contribution in [0.25, 0.3) is 10.2 Å². The molecule has 0 aliphatic heterocycles. The van der Waals surface area contributed by atoms with Crippen LogP contribution in [-0.4, -0.2) is 4.98 Å². The highest BCUT2D eigenvalue weighted by Gasteiger charge is 2.11. The van der Waals surface area contributed by atoms with Gasteiger partial charge in [-0.05, 0) is 55.3 Å². The summed E-state index contributed by atoms with van der Waals surface area (Å²) in [5.41, 5.74) is 0.422. The quantitative estimate of drug-likeness (QED) is 0.150. The molecule has 1 N–H and O–H groups in total. The number of hydrogen-bond acceptors (Lipinski definition) is 6. The Labute approximate surface area is 223 Å². The summed E-state index contributed by atoms with van der Waals surface area (Å²) in [6, 6.07) is 19.3. The monoisotopic (exact) mass is 518 g/mol. The first kappa shape index (κ1) is 26.9. The van der Waals surface area contributed by atoms with Crippen molar-refractivity contribution < 1.29 is 9.15 Å². The fourth-order valence-corrected chi connectivity index (χ4v) is 5.47. The standard InChI is InChI=1S/C31H38N2O3S/c1-2-3-4-5-6-7-8-9-10-11-15-18-27-23-28-29(37-27)33-31(36-30(28)34)32-24-19-21-26(22-20-24)35-25-16-13-12-14-17-25/h12-14,16-17,19-23H,2-11,15,18H2,1H3,(H,32,33). The van der Waals surface area contributed by atoms with E-state index in [0.717, 1.165) is 34.9 Å². The molecule has 2 aromatic heterocycles. The molecule has 0 aliphatic rings. The van der Waals surface area contributed by atoms with Gasteiger partial charge in [-0.3, -0.25) is 0 Å². The van der Waals surface area contributed by atoms with Crippen LogP contribution in [0.5, 0.6) is 11.5 Å². The van der Waals surface area contributed by atoms with E-state index < -0.39 is 0 Å². The number of thiophene rings is 1. The molecule has 0 radical (unpaired) electrons. The topological polar surface area (TPSA) is 64.4 Å². The van der Waals surface area contributed by atoms with Crippen molar-refractivity contribution in [3.05, 3.63) is 76.0 Å². The number of anilines is 2. The maximum absolute atomic E-state index is 12.6. The molecular formula is C31H38N2O3S. The fourth-order valence-electron chi connectivity index (χ4n) is 4.41.